The van der Waals surface area contributed by atoms with E-state index in [-0.39, 0.29) is 5.91 Å². The summed E-state index contributed by atoms with van der Waals surface area (Å²) in [7, 11) is 0. The van der Waals surface area contributed by atoms with Crippen molar-refractivity contribution in [2.75, 3.05) is 5.32 Å². The van der Waals surface area contributed by atoms with Crippen molar-refractivity contribution >= 4 is 30.0 Å². The fourth-order valence-corrected chi connectivity index (χ4v) is 3.59. The quantitative estimate of drug-likeness (QED) is 0.587. The standard InChI is InChI=1S/C19H25N5OS/c1-14(25)21-17-10-7-16(8-11-17)13-20-24-18(22-23-19(24)26)12-9-15-5-3-2-4-6-15/h7-8,10-11,13,15H,2-6,9,12H2,1H3,(H,21,25)(H,23,26)/b20-13-. The molecule has 0 unspecified atom stereocenters. The highest BCUT2D eigenvalue weighted by molar-refractivity contribution is 7.71. The van der Waals surface area contributed by atoms with Gasteiger partial charge in [-0.3, -0.25) is 9.89 Å². The number of nitrogens with zero attached hydrogens (tertiary/aromatic N) is 3. The fourth-order valence-electron chi connectivity index (χ4n) is 3.39. The molecule has 1 aliphatic rings. The number of carbonyl (C=O) groups is 1. The second-order valence-corrected chi connectivity index (χ2v) is 7.23. The minimum absolute atomic E-state index is 0.0845. The van der Waals surface area contributed by atoms with Crippen LogP contribution in [0.1, 0.15) is 56.8 Å². The zero-order chi connectivity index (χ0) is 18.4. The number of aryl methyl sites for hydroxylation is 1. The molecule has 1 aliphatic carbocycles. The van der Waals surface area contributed by atoms with Crippen LogP contribution in [0.3, 0.4) is 0 Å². The molecule has 0 atom stereocenters. The Hall–Kier alpha value is -2.28. The highest BCUT2D eigenvalue weighted by Crippen LogP contribution is 2.27. The molecule has 6 nitrogen and oxygen atoms in total. The normalized spacial score (nSPS) is 15.4. The Labute approximate surface area is 158 Å². The van der Waals surface area contributed by atoms with Gasteiger partial charge < -0.3 is 5.32 Å². The Morgan fingerprint density at radius 1 is 1.35 bits per heavy atom. The first kappa shape index (κ1) is 18.5. The molecule has 0 spiro atoms. The molecule has 1 aromatic heterocycles. The lowest BCUT2D eigenvalue weighted by Gasteiger charge is -2.20. The summed E-state index contributed by atoms with van der Waals surface area (Å²) in [6.07, 6.45) is 10.5. The molecule has 3 rings (SSSR count). The van der Waals surface area contributed by atoms with E-state index in [0.29, 0.717) is 4.77 Å². The molecule has 1 amide bonds. The number of nitrogens with one attached hydrogen (secondary N) is 2. The summed E-state index contributed by atoms with van der Waals surface area (Å²) in [4.78, 5) is 11.1. The van der Waals surface area contributed by atoms with Crippen LogP contribution >= 0.6 is 12.2 Å². The van der Waals surface area contributed by atoms with E-state index in [0.717, 1.165) is 35.8 Å². The van der Waals surface area contributed by atoms with Crippen molar-refractivity contribution in [3.05, 3.63) is 40.4 Å². The molecule has 1 saturated carbocycles. The van der Waals surface area contributed by atoms with Crippen LogP contribution < -0.4 is 5.32 Å². The van der Waals surface area contributed by atoms with Gasteiger partial charge >= 0.3 is 0 Å². The van der Waals surface area contributed by atoms with E-state index in [2.05, 4.69) is 20.6 Å². The van der Waals surface area contributed by atoms with Gasteiger partial charge in [0.15, 0.2) is 5.82 Å². The number of hydrogen-bond donors (Lipinski definition) is 2. The van der Waals surface area contributed by atoms with Gasteiger partial charge in [-0.15, -0.1) is 0 Å². The SMILES string of the molecule is CC(=O)Nc1ccc(/C=N\n2c(CCC3CCCCC3)n[nH]c2=S)cc1. The van der Waals surface area contributed by atoms with Crippen molar-refractivity contribution in [3.8, 4) is 0 Å². The molecular formula is C19H25N5OS. The van der Waals surface area contributed by atoms with Crippen molar-refractivity contribution in [2.45, 2.75) is 51.9 Å². The lowest BCUT2D eigenvalue weighted by atomic mass is 9.86. The molecule has 2 N–H and O–H groups in total. The molecule has 2 aromatic rings. The summed E-state index contributed by atoms with van der Waals surface area (Å²) in [5, 5.41) is 14.4. The number of amides is 1. The molecule has 0 saturated heterocycles. The number of anilines is 1. The molecular weight excluding hydrogens is 346 g/mol. The minimum atomic E-state index is -0.0845. The summed E-state index contributed by atoms with van der Waals surface area (Å²) >= 11 is 5.31. The zero-order valence-corrected chi connectivity index (χ0v) is 15.9. The van der Waals surface area contributed by atoms with Gasteiger partial charge in [0.1, 0.15) is 0 Å². The van der Waals surface area contributed by atoms with Crippen molar-refractivity contribution < 1.29 is 4.79 Å². The van der Waals surface area contributed by atoms with Crippen LogP contribution in [-0.2, 0) is 11.2 Å². The van der Waals surface area contributed by atoms with Gasteiger partial charge in [0.05, 0.1) is 6.21 Å². The second kappa shape index (κ2) is 8.89. The maximum absolute atomic E-state index is 11.1. The van der Waals surface area contributed by atoms with Crippen LogP contribution in [0.2, 0.25) is 0 Å². The number of aromatic nitrogens is 3. The number of carbonyl (C=O) groups excluding carboxylic acids is 1. The number of H-pyrrole nitrogens is 1. The van der Waals surface area contributed by atoms with Gasteiger partial charge in [-0.25, -0.2) is 0 Å². The third-order valence-corrected chi connectivity index (χ3v) is 5.04. The number of benzene rings is 1. The first-order chi connectivity index (χ1) is 12.6. The first-order valence-electron chi connectivity index (χ1n) is 9.20. The van der Waals surface area contributed by atoms with Crippen LogP contribution in [0.25, 0.3) is 0 Å². The number of hydrogen-bond acceptors (Lipinski definition) is 4. The lowest BCUT2D eigenvalue weighted by Crippen LogP contribution is -2.09. The fraction of sp³-hybridized carbons (Fsp3) is 0.474. The molecule has 7 heteroatoms. The highest BCUT2D eigenvalue weighted by atomic mass is 32.1. The monoisotopic (exact) mass is 371 g/mol. The Balaban J connectivity index is 1.65. The van der Waals surface area contributed by atoms with E-state index in [1.54, 1.807) is 10.9 Å². The second-order valence-electron chi connectivity index (χ2n) is 6.85. The Morgan fingerprint density at radius 2 is 2.08 bits per heavy atom. The van der Waals surface area contributed by atoms with E-state index >= 15 is 0 Å². The number of rotatable bonds is 6. The van der Waals surface area contributed by atoms with E-state index in [1.165, 1.54) is 39.0 Å². The summed E-state index contributed by atoms with van der Waals surface area (Å²) in [5.41, 5.74) is 1.70. The average molecular weight is 372 g/mol. The van der Waals surface area contributed by atoms with Gasteiger partial charge in [-0.05, 0) is 42.3 Å². The third-order valence-electron chi connectivity index (χ3n) is 4.77. The molecule has 1 fully saturated rings. The summed E-state index contributed by atoms with van der Waals surface area (Å²) < 4.78 is 2.22. The topological polar surface area (TPSA) is 75.1 Å². The summed E-state index contributed by atoms with van der Waals surface area (Å²) in [6, 6.07) is 7.50. The van der Waals surface area contributed by atoms with Crippen molar-refractivity contribution in [3.63, 3.8) is 0 Å². The molecule has 138 valence electrons. The highest BCUT2D eigenvalue weighted by Gasteiger charge is 2.15. The Bertz CT molecular complexity index is 815. The predicted molar refractivity (Wildman–Crippen MR) is 106 cm³/mol. The smallest absolute Gasteiger partial charge is 0.221 e. The molecule has 0 radical (unpaired) electrons. The van der Waals surface area contributed by atoms with Crippen LogP contribution in [0.4, 0.5) is 5.69 Å². The van der Waals surface area contributed by atoms with Crippen molar-refractivity contribution in [2.24, 2.45) is 11.0 Å². The Kier molecular flexibility index (Phi) is 6.33. The maximum atomic E-state index is 11.1. The molecule has 0 aliphatic heterocycles. The van der Waals surface area contributed by atoms with E-state index < -0.39 is 0 Å². The van der Waals surface area contributed by atoms with Gasteiger partial charge in [-0.2, -0.15) is 14.9 Å². The molecule has 26 heavy (non-hydrogen) atoms. The summed E-state index contributed by atoms with van der Waals surface area (Å²) in [5.74, 6) is 1.60. The Morgan fingerprint density at radius 3 is 2.77 bits per heavy atom. The van der Waals surface area contributed by atoms with Gasteiger partial charge in [0.2, 0.25) is 10.7 Å². The van der Waals surface area contributed by atoms with Crippen molar-refractivity contribution in [1.82, 2.24) is 14.9 Å². The van der Waals surface area contributed by atoms with Crippen LogP contribution in [0.5, 0.6) is 0 Å². The molecule has 1 aromatic carbocycles. The molecule has 1 heterocycles. The third kappa shape index (κ3) is 5.11. The van der Waals surface area contributed by atoms with Crippen molar-refractivity contribution in [1.29, 1.82) is 0 Å². The largest absolute Gasteiger partial charge is 0.326 e. The average Bonchev–Trinajstić information content (AvgIpc) is 2.99. The van der Waals surface area contributed by atoms with Gasteiger partial charge in [0, 0.05) is 19.0 Å². The van der Waals surface area contributed by atoms with E-state index in [4.69, 9.17) is 12.2 Å². The first-order valence-corrected chi connectivity index (χ1v) is 9.61. The van der Waals surface area contributed by atoms with E-state index in [9.17, 15) is 4.79 Å². The van der Waals surface area contributed by atoms with Gasteiger partial charge in [0.25, 0.3) is 0 Å². The zero-order valence-electron chi connectivity index (χ0n) is 15.1. The lowest BCUT2D eigenvalue weighted by molar-refractivity contribution is -0.114. The van der Waals surface area contributed by atoms with Crippen LogP contribution in [0.15, 0.2) is 29.4 Å². The van der Waals surface area contributed by atoms with E-state index in [1.807, 2.05) is 24.3 Å². The minimum Gasteiger partial charge on any atom is -0.326 e. The van der Waals surface area contributed by atoms with Crippen LogP contribution in [-0.4, -0.2) is 27.0 Å². The predicted octanol–water partition coefficient (Wildman–Crippen LogP) is 4.29. The van der Waals surface area contributed by atoms with Gasteiger partial charge in [-0.1, -0.05) is 44.2 Å². The molecule has 0 bridgehead atoms. The van der Waals surface area contributed by atoms with Crippen LogP contribution in [0, 0.1) is 10.7 Å². The maximum Gasteiger partial charge on any atom is 0.221 e. The number of aromatic amines is 1. The summed E-state index contributed by atoms with van der Waals surface area (Å²) in [6.45, 7) is 1.49.